The number of carbonyl (C=O) groups excluding carboxylic acids is 3. The summed E-state index contributed by atoms with van der Waals surface area (Å²) in [5.74, 6) is -2.55. The first-order chi connectivity index (χ1) is 18.9. The number of aliphatic hydroxyl groups is 1. The fraction of sp³-hybridized carbons (Fsp3) is 0.367. The zero-order chi connectivity index (χ0) is 27.3. The summed E-state index contributed by atoms with van der Waals surface area (Å²) in [7, 11) is 1.71. The lowest BCUT2D eigenvalue weighted by atomic mass is 9.77. The predicted molar refractivity (Wildman–Crippen MR) is 146 cm³/mol. The molecule has 4 aliphatic rings. The van der Waals surface area contributed by atoms with Gasteiger partial charge >= 0.3 is 0 Å². The van der Waals surface area contributed by atoms with Crippen LogP contribution in [0.5, 0.6) is 0 Å². The first-order valence-electron chi connectivity index (χ1n) is 13.2. The minimum Gasteiger partial charge on any atom is -0.394 e. The number of aliphatic hydroxyl groups excluding tert-OH is 1. The molecule has 1 N–H and O–H groups in total. The molecule has 0 aliphatic carbocycles. The van der Waals surface area contributed by atoms with Gasteiger partial charge in [-0.1, -0.05) is 66.2 Å². The molecule has 4 aliphatic heterocycles. The second kappa shape index (κ2) is 9.93. The Balaban J connectivity index is 1.48. The second-order valence-electron chi connectivity index (χ2n) is 10.6. The lowest BCUT2D eigenvalue weighted by Gasteiger charge is -2.38. The number of halogens is 1. The third-order valence-electron chi connectivity index (χ3n) is 8.35. The SMILES string of the molecule is CN1CC=C[C@H]2O[C@]34C=CCN(c5ccc(Cl)cc5)C(=O)C3N([C@@H](CO)Cc3ccccc3)C(=O)[C@@H]4[C@H]2C1=O. The van der Waals surface area contributed by atoms with Crippen LogP contribution in [0.2, 0.25) is 5.02 Å². The van der Waals surface area contributed by atoms with E-state index in [4.69, 9.17) is 16.3 Å². The molecule has 6 atom stereocenters. The number of likely N-dealkylation sites (N-methyl/N-ethyl adjacent to an activating group) is 1. The van der Waals surface area contributed by atoms with Gasteiger partial charge in [0.25, 0.3) is 5.91 Å². The second-order valence-corrected chi connectivity index (χ2v) is 11.0. The molecule has 0 saturated carbocycles. The number of carbonyl (C=O) groups is 3. The van der Waals surface area contributed by atoms with Crippen LogP contribution in [0.3, 0.4) is 0 Å². The third-order valence-corrected chi connectivity index (χ3v) is 8.61. The molecule has 2 saturated heterocycles. The van der Waals surface area contributed by atoms with Crippen molar-refractivity contribution in [2.45, 2.75) is 30.2 Å². The minimum absolute atomic E-state index is 0.191. The molecule has 0 radical (unpaired) electrons. The highest BCUT2D eigenvalue weighted by molar-refractivity contribution is 6.30. The average Bonchev–Trinajstić information content (AvgIpc) is 3.27. The van der Waals surface area contributed by atoms with Crippen LogP contribution in [0.25, 0.3) is 0 Å². The molecule has 6 rings (SSSR count). The van der Waals surface area contributed by atoms with E-state index in [-0.39, 0.29) is 30.9 Å². The van der Waals surface area contributed by atoms with Crippen molar-refractivity contribution in [3.63, 3.8) is 0 Å². The van der Waals surface area contributed by atoms with Crippen molar-refractivity contribution in [3.8, 4) is 0 Å². The molecular formula is C30H30ClN3O5. The zero-order valence-electron chi connectivity index (χ0n) is 21.5. The molecule has 2 fully saturated rings. The standard InChI is InChI=1S/C30H30ClN3O5/c1-32-15-5-9-23-24(27(32)36)25-28(37)34(22(18-35)17-19-7-3-2-4-8-19)26-29(38)33(16-6-14-30(25,26)39-23)21-12-10-20(31)11-13-21/h2-14,22-26,35H,15-18H2,1H3/t22-,23-,24+,25+,26?,30+/m1/s1. The quantitative estimate of drug-likeness (QED) is 0.581. The monoisotopic (exact) mass is 547 g/mol. The molecule has 202 valence electrons. The van der Waals surface area contributed by atoms with Gasteiger partial charge in [-0.05, 0) is 36.2 Å². The highest BCUT2D eigenvalue weighted by atomic mass is 35.5. The van der Waals surface area contributed by atoms with E-state index >= 15 is 0 Å². The number of nitrogens with zero attached hydrogens (tertiary/aromatic N) is 3. The molecule has 9 heteroatoms. The van der Waals surface area contributed by atoms with Crippen molar-refractivity contribution >= 4 is 35.0 Å². The minimum atomic E-state index is -1.35. The highest BCUT2D eigenvalue weighted by Gasteiger charge is 2.72. The van der Waals surface area contributed by atoms with Crippen molar-refractivity contribution in [2.75, 3.05) is 31.6 Å². The predicted octanol–water partition coefficient (Wildman–Crippen LogP) is 2.46. The first-order valence-corrected chi connectivity index (χ1v) is 13.5. The maximum atomic E-state index is 14.5. The van der Waals surface area contributed by atoms with Crippen LogP contribution in [-0.4, -0.2) is 83.2 Å². The number of ether oxygens (including phenoxy) is 1. The van der Waals surface area contributed by atoms with Crippen molar-refractivity contribution in [2.24, 2.45) is 11.8 Å². The van der Waals surface area contributed by atoms with Crippen LogP contribution in [0, 0.1) is 11.8 Å². The Morgan fingerprint density at radius 1 is 1.00 bits per heavy atom. The lowest BCUT2D eigenvalue weighted by molar-refractivity contribution is -0.146. The van der Waals surface area contributed by atoms with Gasteiger partial charge in [0.2, 0.25) is 11.8 Å². The van der Waals surface area contributed by atoms with Gasteiger partial charge in [0.15, 0.2) is 0 Å². The number of hydrogen-bond donors (Lipinski definition) is 1. The number of benzene rings is 2. The van der Waals surface area contributed by atoms with Gasteiger partial charge in [-0.2, -0.15) is 0 Å². The Labute approximate surface area is 232 Å². The van der Waals surface area contributed by atoms with Gasteiger partial charge in [-0.15, -0.1) is 0 Å². The molecule has 4 heterocycles. The maximum Gasteiger partial charge on any atom is 0.253 e. The van der Waals surface area contributed by atoms with Gasteiger partial charge in [0, 0.05) is 30.8 Å². The Morgan fingerprint density at radius 2 is 1.74 bits per heavy atom. The molecule has 1 unspecified atom stereocenters. The van der Waals surface area contributed by atoms with E-state index in [9.17, 15) is 19.5 Å². The summed E-state index contributed by atoms with van der Waals surface area (Å²) in [6, 6.07) is 14.7. The van der Waals surface area contributed by atoms with Crippen molar-refractivity contribution in [3.05, 3.63) is 89.5 Å². The van der Waals surface area contributed by atoms with Gasteiger partial charge in [0.05, 0.1) is 30.6 Å². The molecule has 3 amide bonds. The summed E-state index contributed by atoms with van der Waals surface area (Å²) in [5, 5.41) is 11.1. The molecule has 39 heavy (non-hydrogen) atoms. The van der Waals surface area contributed by atoms with Crippen LogP contribution in [0.4, 0.5) is 5.69 Å². The molecule has 1 spiro atoms. The fourth-order valence-corrected chi connectivity index (χ4v) is 6.71. The number of hydrogen-bond acceptors (Lipinski definition) is 5. The number of fused-ring (bicyclic) bond motifs is 2. The van der Waals surface area contributed by atoms with Gasteiger partial charge in [-0.3, -0.25) is 14.4 Å². The number of anilines is 1. The van der Waals surface area contributed by atoms with E-state index in [1.54, 1.807) is 47.2 Å². The van der Waals surface area contributed by atoms with Crippen LogP contribution in [0.15, 0.2) is 78.9 Å². The summed E-state index contributed by atoms with van der Waals surface area (Å²) < 4.78 is 6.65. The van der Waals surface area contributed by atoms with E-state index in [1.165, 1.54) is 4.90 Å². The largest absolute Gasteiger partial charge is 0.394 e. The molecular weight excluding hydrogens is 518 g/mol. The summed E-state index contributed by atoms with van der Waals surface area (Å²) in [4.78, 5) is 47.2. The van der Waals surface area contributed by atoms with E-state index in [0.29, 0.717) is 23.7 Å². The van der Waals surface area contributed by atoms with E-state index in [0.717, 1.165) is 5.56 Å². The number of likely N-dealkylation sites (tertiary alicyclic amines) is 1. The van der Waals surface area contributed by atoms with E-state index < -0.39 is 35.6 Å². The van der Waals surface area contributed by atoms with Crippen molar-refractivity contribution in [1.29, 1.82) is 0 Å². The Bertz CT molecular complexity index is 1350. The fourth-order valence-electron chi connectivity index (χ4n) is 6.59. The molecule has 2 aromatic carbocycles. The molecule has 0 aromatic heterocycles. The summed E-state index contributed by atoms with van der Waals surface area (Å²) in [6.07, 6.45) is 7.06. The Hall–Kier alpha value is -3.46. The van der Waals surface area contributed by atoms with E-state index in [2.05, 4.69) is 0 Å². The lowest BCUT2D eigenvalue weighted by Crippen LogP contribution is -2.58. The smallest absolute Gasteiger partial charge is 0.253 e. The summed E-state index contributed by atoms with van der Waals surface area (Å²) >= 11 is 6.11. The zero-order valence-corrected chi connectivity index (χ0v) is 22.3. The topological polar surface area (TPSA) is 90.4 Å². The van der Waals surface area contributed by atoms with Gasteiger partial charge < -0.3 is 24.5 Å². The maximum absolute atomic E-state index is 14.5. The highest BCUT2D eigenvalue weighted by Crippen LogP contribution is 2.54. The Morgan fingerprint density at radius 3 is 2.46 bits per heavy atom. The Kier molecular flexibility index (Phi) is 6.57. The summed E-state index contributed by atoms with van der Waals surface area (Å²) in [6.45, 7) is 0.334. The van der Waals surface area contributed by atoms with Crippen molar-refractivity contribution < 1.29 is 24.2 Å². The normalized spacial score (nSPS) is 30.6. The third kappa shape index (κ3) is 4.09. The summed E-state index contributed by atoms with van der Waals surface area (Å²) in [5.41, 5.74) is 0.203. The number of rotatable bonds is 5. The number of amides is 3. The van der Waals surface area contributed by atoms with Gasteiger partial charge in [0.1, 0.15) is 11.6 Å². The van der Waals surface area contributed by atoms with E-state index in [1.807, 2.05) is 48.6 Å². The van der Waals surface area contributed by atoms with Gasteiger partial charge in [-0.25, -0.2) is 0 Å². The first kappa shape index (κ1) is 25.8. The molecule has 0 bridgehead atoms. The molecule has 8 nitrogen and oxygen atoms in total. The van der Waals surface area contributed by atoms with Crippen LogP contribution >= 0.6 is 11.6 Å². The van der Waals surface area contributed by atoms with Crippen LogP contribution in [-0.2, 0) is 25.5 Å². The molecule has 2 aromatic rings. The van der Waals surface area contributed by atoms with Crippen LogP contribution in [0.1, 0.15) is 5.56 Å². The average molecular weight is 548 g/mol. The van der Waals surface area contributed by atoms with Crippen molar-refractivity contribution in [1.82, 2.24) is 9.80 Å². The van der Waals surface area contributed by atoms with Crippen LogP contribution < -0.4 is 4.90 Å².